The second-order valence-electron chi connectivity index (χ2n) is 16.0. The zero-order valence-electron chi connectivity index (χ0n) is 34.1. The van der Waals surface area contributed by atoms with Crippen molar-refractivity contribution in [3.05, 3.63) is 203 Å². The lowest BCUT2D eigenvalue weighted by Gasteiger charge is -2.22. The Morgan fingerprint density at radius 1 is 0.391 bits per heavy atom. The van der Waals surface area contributed by atoms with Crippen molar-refractivity contribution in [1.29, 1.82) is 0 Å². The fraction of sp³-hybridized carbons (Fsp3) is 0.0741. The van der Waals surface area contributed by atoms with Gasteiger partial charge in [0.15, 0.2) is 0 Å². The van der Waals surface area contributed by atoms with E-state index in [0.29, 0.717) is 72.1 Å². The number of hydrogen-bond acceptors (Lipinski definition) is 2. The number of aromatic nitrogens is 1. The van der Waals surface area contributed by atoms with E-state index < -0.39 is 35.3 Å². The number of amides is 2. The maximum atomic E-state index is 15.1. The molecule has 0 saturated carbocycles. The maximum Gasteiger partial charge on any atom is 0.416 e. The molecule has 0 aliphatic carbocycles. The normalized spacial score (nSPS) is 13.0. The minimum Gasteiger partial charge on any atom is -0.308 e. The van der Waals surface area contributed by atoms with Crippen molar-refractivity contribution in [1.82, 2.24) is 4.57 Å². The lowest BCUT2D eigenvalue weighted by atomic mass is 9.92. The molecule has 0 bridgehead atoms. The molecule has 1 aromatic heterocycles. The molecule has 1 aliphatic rings. The predicted octanol–water partition coefficient (Wildman–Crippen LogP) is 14.9. The molecule has 314 valence electrons. The number of fused-ring (bicyclic) bond motifs is 4. The third-order valence-corrected chi connectivity index (χ3v) is 11.8. The average molecular weight is 857 g/mol. The number of carbonyl (C=O) groups excluding carboxylic acids is 2. The van der Waals surface area contributed by atoms with E-state index >= 15 is 4.79 Å². The monoisotopic (exact) mass is 856 g/mol. The van der Waals surface area contributed by atoms with Gasteiger partial charge in [0.1, 0.15) is 0 Å². The van der Waals surface area contributed by atoms with Gasteiger partial charge in [0, 0.05) is 16.3 Å². The van der Waals surface area contributed by atoms with Crippen LogP contribution in [0.3, 0.4) is 0 Å². The summed E-state index contributed by atoms with van der Waals surface area (Å²) in [5, 5.41) is 1.14. The molecule has 9 aromatic rings. The van der Waals surface area contributed by atoms with E-state index in [1.54, 1.807) is 86.6 Å². The van der Waals surface area contributed by atoms with Crippen LogP contribution in [0.4, 0.5) is 32.0 Å². The van der Waals surface area contributed by atoms with E-state index in [1.807, 2.05) is 77.4 Å². The number of rotatable bonds is 6. The zero-order chi connectivity index (χ0) is 44.7. The highest BCUT2D eigenvalue weighted by molar-refractivity contribution is 6.37. The molecule has 4 nitrogen and oxygen atoms in total. The molecule has 64 heavy (non-hydrogen) atoms. The van der Waals surface area contributed by atoms with Gasteiger partial charge >= 0.3 is 12.4 Å². The minimum absolute atomic E-state index is 0.144. The molecular weight excluding hydrogens is 823 g/mol. The van der Waals surface area contributed by atoms with Gasteiger partial charge in [-0.05, 0) is 131 Å². The van der Waals surface area contributed by atoms with Gasteiger partial charge in [-0.25, -0.2) is 4.90 Å². The van der Waals surface area contributed by atoms with Crippen LogP contribution >= 0.6 is 0 Å². The van der Waals surface area contributed by atoms with E-state index in [-0.39, 0.29) is 11.1 Å². The molecule has 0 saturated heterocycles. The molecule has 0 atom stereocenters. The Balaban J connectivity index is 1.19. The number of carbonyl (C=O) groups is 2. The van der Waals surface area contributed by atoms with Gasteiger partial charge in [-0.15, -0.1) is 0 Å². The van der Waals surface area contributed by atoms with Crippen molar-refractivity contribution < 1.29 is 35.9 Å². The fourth-order valence-electron chi connectivity index (χ4n) is 9.03. The molecule has 1 aliphatic heterocycles. The third-order valence-electron chi connectivity index (χ3n) is 11.8. The molecule has 0 spiro atoms. The molecule has 8 aromatic carbocycles. The van der Waals surface area contributed by atoms with Crippen molar-refractivity contribution in [2.24, 2.45) is 0 Å². The summed E-state index contributed by atoms with van der Waals surface area (Å²) in [4.78, 5) is 31.0. The Morgan fingerprint density at radius 3 is 1.39 bits per heavy atom. The standard InChI is InChI=1S/C54H34F6N2O2/c1-31-23-37(27-39(25-31)53(55,56)57)35-19-21-45-43(29-35)44-30-36(38-24-32(2)26-40(28-38)54(58,59)60)20-22-46(44)61(45)48-18-10-16-42-50(48)52(64)62(51(42)63)47-17-9-15-41(33-11-5-3-6-12-33)49(47)34-13-7-4-8-14-34/h3-30H,1-2H3. The minimum atomic E-state index is -4.59. The number of aryl methyl sites for hydroxylation is 2. The van der Waals surface area contributed by atoms with Crippen LogP contribution in [0.2, 0.25) is 0 Å². The highest BCUT2D eigenvalue weighted by atomic mass is 19.4. The number of hydrogen-bond donors (Lipinski definition) is 0. The van der Waals surface area contributed by atoms with E-state index in [2.05, 4.69) is 0 Å². The van der Waals surface area contributed by atoms with Crippen LogP contribution in [0.5, 0.6) is 0 Å². The van der Waals surface area contributed by atoms with Crippen molar-refractivity contribution in [3.8, 4) is 50.2 Å². The number of imide groups is 1. The van der Waals surface area contributed by atoms with Gasteiger partial charge in [-0.1, -0.05) is 103 Å². The molecule has 2 heterocycles. The van der Waals surface area contributed by atoms with Crippen LogP contribution in [-0.4, -0.2) is 16.4 Å². The Labute approximate surface area is 363 Å². The van der Waals surface area contributed by atoms with Crippen LogP contribution < -0.4 is 4.90 Å². The summed E-state index contributed by atoms with van der Waals surface area (Å²) >= 11 is 0. The van der Waals surface area contributed by atoms with Crippen LogP contribution in [-0.2, 0) is 12.4 Å². The van der Waals surface area contributed by atoms with Gasteiger partial charge in [-0.2, -0.15) is 26.3 Å². The van der Waals surface area contributed by atoms with E-state index in [0.717, 1.165) is 41.0 Å². The lowest BCUT2D eigenvalue weighted by Crippen LogP contribution is -2.30. The van der Waals surface area contributed by atoms with Crippen molar-refractivity contribution in [3.63, 3.8) is 0 Å². The molecule has 0 N–H and O–H groups in total. The quantitative estimate of drug-likeness (QED) is 0.123. The summed E-state index contributed by atoms with van der Waals surface area (Å²) in [7, 11) is 0. The van der Waals surface area contributed by atoms with Gasteiger partial charge in [0.2, 0.25) is 0 Å². The Kier molecular flexibility index (Phi) is 9.44. The summed E-state index contributed by atoms with van der Waals surface area (Å²) in [6.45, 7) is 3.18. The number of nitrogens with zero attached hydrogens (tertiary/aromatic N) is 2. The number of halogens is 6. The SMILES string of the molecule is Cc1cc(-c2ccc3c(c2)c2cc(-c4cc(C)cc(C(F)(F)F)c4)ccc2n3-c2cccc3c2C(=O)N(c2cccc(-c4ccccc4)c2-c2ccccc2)C3=O)cc(C(F)(F)F)c1. The molecule has 0 fully saturated rings. The zero-order valence-corrected chi connectivity index (χ0v) is 34.1. The van der Waals surface area contributed by atoms with Gasteiger partial charge < -0.3 is 4.57 Å². The fourth-order valence-corrected chi connectivity index (χ4v) is 9.03. The molecule has 0 radical (unpaired) electrons. The summed E-state index contributed by atoms with van der Waals surface area (Å²) in [6, 6.07) is 47.8. The predicted molar refractivity (Wildman–Crippen MR) is 240 cm³/mol. The smallest absolute Gasteiger partial charge is 0.308 e. The number of benzene rings is 8. The van der Waals surface area contributed by atoms with E-state index in [4.69, 9.17) is 0 Å². The van der Waals surface area contributed by atoms with Crippen LogP contribution in [0.1, 0.15) is 43.0 Å². The third kappa shape index (κ3) is 6.82. The summed E-state index contributed by atoms with van der Waals surface area (Å²) in [6.07, 6.45) is -9.18. The maximum absolute atomic E-state index is 15.1. The largest absolute Gasteiger partial charge is 0.416 e. The van der Waals surface area contributed by atoms with E-state index in [1.165, 1.54) is 4.90 Å². The highest BCUT2D eigenvalue weighted by Crippen LogP contribution is 2.45. The molecule has 2 amide bonds. The highest BCUT2D eigenvalue weighted by Gasteiger charge is 2.41. The van der Waals surface area contributed by atoms with Crippen LogP contribution in [0.25, 0.3) is 72.0 Å². The first-order valence-electron chi connectivity index (χ1n) is 20.4. The first-order valence-corrected chi connectivity index (χ1v) is 20.4. The molecule has 10 rings (SSSR count). The van der Waals surface area contributed by atoms with Crippen LogP contribution in [0, 0.1) is 13.8 Å². The summed E-state index contributed by atoms with van der Waals surface area (Å²) in [5.74, 6) is -1.07. The topological polar surface area (TPSA) is 42.3 Å². The Hall–Kier alpha value is -7.72. The summed E-state index contributed by atoms with van der Waals surface area (Å²) in [5.41, 5.74) is 6.23. The first kappa shape index (κ1) is 40.4. The Bertz CT molecular complexity index is 3250. The van der Waals surface area contributed by atoms with Gasteiger partial charge in [-0.3, -0.25) is 9.59 Å². The molecule has 10 heteroatoms. The number of alkyl halides is 6. The van der Waals surface area contributed by atoms with Gasteiger partial charge in [0.05, 0.1) is 44.7 Å². The average Bonchev–Trinajstić information content (AvgIpc) is 3.74. The summed E-state index contributed by atoms with van der Waals surface area (Å²) < 4.78 is 86.0. The lowest BCUT2D eigenvalue weighted by molar-refractivity contribution is -0.138. The Morgan fingerprint density at radius 2 is 0.875 bits per heavy atom. The molecular formula is C54H34F6N2O2. The second kappa shape index (κ2) is 15.0. The number of anilines is 1. The van der Waals surface area contributed by atoms with Crippen molar-refractivity contribution >= 4 is 39.3 Å². The van der Waals surface area contributed by atoms with Gasteiger partial charge in [0.25, 0.3) is 11.8 Å². The van der Waals surface area contributed by atoms with Crippen molar-refractivity contribution in [2.45, 2.75) is 26.2 Å². The first-order chi connectivity index (χ1) is 30.7. The second-order valence-corrected chi connectivity index (χ2v) is 16.0. The van der Waals surface area contributed by atoms with Crippen molar-refractivity contribution in [2.75, 3.05) is 4.90 Å². The van der Waals surface area contributed by atoms with Crippen LogP contribution in [0.15, 0.2) is 170 Å². The van der Waals surface area contributed by atoms with E-state index in [9.17, 15) is 31.1 Å². The molecule has 0 unspecified atom stereocenters.